The Balaban J connectivity index is 2.31. The molecular formula is C21H34N2O7. The normalized spacial score (nSPS) is 50.1. The van der Waals surface area contributed by atoms with Crippen molar-refractivity contribution >= 4 is 11.9 Å². The summed E-state index contributed by atoms with van der Waals surface area (Å²) < 4.78 is 11.7. The maximum Gasteiger partial charge on any atom is 0.421 e. The van der Waals surface area contributed by atoms with Gasteiger partial charge in [-0.1, -0.05) is 26.8 Å². The fraction of sp³-hybridized carbons (Fsp3) is 0.810. The lowest BCUT2D eigenvalue weighted by Gasteiger charge is -2.71. The number of ether oxygens (including phenoxy) is 2. The molecule has 0 aromatic rings. The molecule has 0 aromatic carbocycles. The van der Waals surface area contributed by atoms with Gasteiger partial charge in [0.2, 0.25) is 0 Å². The van der Waals surface area contributed by atoms with Gasteiger partial charge >= 0.3 is 6.09 Å². The fourth-order valence-electron chi connectivity index (χ4n) is 6.63. The molecule has 0 aromatic heterocycles. The molecule has 2 saturated carbocycles. The van der Waals surface area contributed by atoms with E-state index in [9.17, 15) is 24.9 Å². The van der Waals surface area contributed by atoms with E-state index >= 15 is 0 Å². The maximum absolute atomic E-state index is 13.6. The largest absolute Gasteiger partial charge is 0.439 e. The molecule has 1 saturated heterocycles. The molecule has 1 amide bonds. The standard InChI is InChI=1S/C21H34N2O7/c1-7-18(4)10-12(25)21(28)19(5)11(24)8-9-17(2,3)14(19)13(26)15(20(21,6)30-18)29-16(27)23-22/h7,11,13-15,24,26,28H,1,8-10,22H2,2-6H3,(H,23,27)/t11-,13-,14-,15-,18-,19-,20+,21-/m0/s1. The van der Waals surface area contributed by atoms with Gasteiger partial charge in [-0.25, -0.2) is 10.6 Å². The fourth-order valence-corrected chi connectivity index (χ4v) is 6.63. The average Bonchev–Trinajstić information content (AvgIpc) is 2.65. The van der Waals surface area contributed by atoms with Crippen LogP contribution in [0.4, 0.5) is 4.79 Å². The SMILES string of the molecule is C=C[C@@]1(C)CC(=O)[C@]2(O)[C@@]3(C)[C@@H](O)CCC(C)(C)[C@@H]3[C@H](O)[C@H](OC(=O)NN)[C@@]2(C)O1. The highest BCUT2D eigenvalue weighted by Gasteiger charge is 2.81. The van der Waals surface area contributed by atoms with Crippen molar-refractivity contribution in [1.29, 1.82) is 0 Å². The van der Waals surface area contributed by atoms with Crippen molar-refractivity contribution in [3.8, 4) is 0 Å². The Morgan fingerprint density at radius 2 is 1.90 bits per heavy atom. The number of aliphatic hydroxyl groups excluding tert-OH is 2. The molecule has 6 N–H and O–H groups in total. The van der Waals surface area contributed by atoms with Crippen LogP contribution in [0.15, 0.2) is 12.7 Å². The molecule has 3 rings (SSSR count). The summed E-state index contributed by atoms with van der Waals surface area (Å²) in [5.41, 5.74) is -5.48. The summed E-state index contributed by atoms with van der Waals surface area (Å²) >= 11 is 0. The van der Waals surface area contributed by atoms with Gasteiger partial charge in [0.25, 0.3) is 0 Å². The van der Waals surface area contributed by atoms with Gasteiger partial charge in [-0.15, -0.1) is 6.58 Å². The highest BCUT2D eigenvalue weighted by atomic mass is 16.6. The topological polar surface area (TPSA) is 151 Å². The van der Waals surface area contributed by atoms with E-state index in [1.807, 2.05) is 19.3 Å². The number of nitrogens with two attached hydrogens (primary N) is 1. The number of hydrazine groups is 1. The minimum Gasteiger partial charge on any atom is -0.439 e. The molecule has 9 nitrogen and oxygen atoms in total. The Hall–Kier alpha value is -1.52. The molecule has 0 radical (unpaired) electrons. The van der Waals surface area contributed by atoms with Gasteiger partial charge in [0.1, 0.15) is 5.60 Å². The molecule has 2 aliphatic carbocycles. The summed E-state index contributed by atoms with van der Waals surface area (Å²) in [5.74, 6) is 3.85. The van der Waals surface area contributed by atoms with Gasteiger partial charge in [0.15, 0.2) is 17.5 Å². The van der Waals surface area contributed by atoms with Crippen molar-refractivity contribution in [2.45, 2.75) is 89.0 Å². The maximum atomic E-state index is 13.6. The van der Waals surface area contributed by atoms with Crippen molar-refractivity contribution in [1.82, 2.24) is 5.43 Å². The summed E-state index contributed by atoms with van der Waals surface area (Å²) in [6, 6.07) is 0. The van der Waals surface area contributed by atoms with Crippen molar-refractivity contribution < 1.29 is 34.4 Å². The van der Waals surface area contributed by atoms with Crippen molar-refractivity contribution in [3.63, 3.8) is 0 Å². The van der Waals surface area contributed by atoms with E-state index in [4.69, 9.17) is 15.3 Å². The van der Waals surface area contributed by atoms with E-state index in [2.05, 4.69) is 6.58 Å². The zero-order chi connectivity index (χ0) is 22.9. The second-order valence-corrected chi connectivity index (χ2v) is 10.3. The van der Waals surface area contributed by atoms with Gasteiger partial charge in [0, 0.05) is 17.8 Å². The van der Waals surface area contributed by atoms with E-state index in [1.165, 1.54) is 13.0 Å². The second-order valence-electron chi connectivity index (χ2n) is 10.3. The lowest BCUT2D eigenvalue weighted by Crippen LogP contribution is -2.86. The summed E-state index contributed by atoms with van der Waals surface area (Å²) in [5, 5.41) is 34.8. The van der Waals surface area contributed by atoms with E-state index in [0.29, 0.717) is 12.8 Å². The number of Topliss-reactive ketones (excluding diaryl/α,β-unsaturated/α-hetero) is 1. The second kappa shape index (κ2) is 6.74. The molecule has 30 heavy (non-hydrogen) atoms. The van der Waals surface area contributed by atoms with Crippen LogP contribution in [0, 0.1) is 16.7 Å². The van der Waals surface area contributed by atoms with Gasteiger partial charge in [0.05, 0.1) is 17.8 Å². The molecule has 1 heterocycles. The lowest BCUT2D eigenvalue weighted by atomic mass is 9.40. The Labute approximate surface area is 176 Å². The van der Waals surface area contributed by atoms with Crippen LogP contribution in [0.3, 0.4) is 0 Å². The Morgan fingerprint density at radius 1 is 1.30 bits per heavy atom. The van der Waals surface area contributed by atoms with Crippen LogP contribution in [0.1, 0.15) is 53.9 Å². The van der Waals surface area contributed by atoms with E-state index in [1.54, 1.807) is 13.8 Å². The smallest absolute Gasteiger partial charge is 0.421 e. The highest BCUT2D eigenvalue weighted by molar-refractivity contribution is 5.92. The van der Waals surface area contributed by atoms with Crippen LogP contribution < -0.4 is 11.3 Å². The Morgan fingerprint density at radius 3 is 2.43 bits per heavy atom. The number of fused-ring (bicyclic) bond motifs is 3. The third kappa shape index (κ3) is 2.65. The van der Waals surface area contributed by atoms with Crippen LogP contribution >= 0.6 is 0 Å². The highest BCUT2D eigenvalue weighted by Crippen LogP contribution is 2.66. The predicted molar refractivity (Wildman–Crippen MR) is 107 cm³/mol. The van der Waals surface area contributed by atoms with Crippen LogP contribution in [0.2, 0.25) is 0 Å². The first-order valence-corrected chi connectivity index (χ1v) is 10.3. The number of rotatable bonds is 2. The first-order valence-electron chi connectivity index (χ1n) is 10.3. The predicted octanol–water partition coefficient (Wildman–Crippen LogP) is 0.557. The molecule has 0 spiro atoms. The Kier molecular flexibility index (Phi) is 5.20. The number of carbonyl (C=O) groups is 2. The van der Waals surface area contributed by atoms with E-state index < -0.39 is 63.7 Å². The lowest BCUT2D eigenvalue weighted by molar-refractivity contribution is -0.369. The number of nitrogens with one attached hydrogen (secondary N) is 1. The molecule has 0 bridgehead atoms. The number of ketones is 1. The number of hydrogen-bond donors (Lipinski definition) is 5. The molecule has 1 aliphatic heterocycles. The third-order valence-electron chi connectivity index (χ3n) is 8.08. The average molecular weight is 427 g/mol. The third-order valence-corrected chi connectivity index (χ3v) is 8.08. The van der Waals surface area contributed by atoms with Crippen LogP contribution in [-0.4, -0.2) is 62.3 Å². The molecule has 3 aliphatic rings. The van der Waals surface area contributed by atoms with Gasteiger partial charge in [-0.2, -0.15) is 0 Å². The van der Waals surface area contributed by atoms with Crippen molar-refractivity contribution in [2.24, 2.45) is 22.6 Å². The molecular weight excluding hydrogens is 392 g/mol. The summed E-state index contributed by atoms with van der Waals surface area (Å²) in [6.07, 6.45) is -2.75. The van der Waals surface area contributed by atoms with Crippen LogP contribution in [-0.2, 0) is 14.3 Å². The van der Waals surface area contributed by atoms with E-state index in [0.717, 1.165) is 0 Å². The zero-order valence-electron chi connectivity index (χ0n) is 18.3. The monoisotopic (exact) mass is 426 g/mol. The van der Waals surface area contributed by atoms with Crippen LogP contribution in [0.5, 0.6) is 0 Å². The van der Waals surface area contributed by atoms with Crippen molar-refractivity contribution in [3.05, 3.63) is 12.7 Å². The minimum atomic E-state index is -2.25. The van der Waals surface area contributed by atoms with E-state index in [-0.39, 0.29) is 6.42 Å². The first kappa shape index (κ1) is 23.1. The van der Waals surface area contributed by atoms with Gasteiger partial charge in [-0.3, -0.25) is 10.2 Å². The van der Waals surface area contributed by atoms with Gasteiger partial charge in [-0.05, 0) is 32.1 Å². The van der Waals surface area contributed by atoms with Crippen molar-refractivity contribution in [2.75, 3.05) is 0 Å². The number of aliphatic hydroxyl groups is 3. The summed E-state index contributed by atoms with van der Waals surface area (Å²) in [7, 11) is 0. The zero-order valence-corrected chi connectivity index (χ0v) is 18.3. The summed E-state index contributed by atoms with van der Waals surface area (Å²) in [4.78, 5) is 25.7. The number of hydrogen-bond acceptors (Lipinski definition) is 8. The Bertz CT molecular complexity index is 772. The quantitative estimate of drug-likeness (QED) is 0.186. The van der Waals surface area contributed by atoms with Gasteiger partial charge < -0.3 is 24.8 Å². The number of carbonyl (C=O) groups excluding carboxylic acids is 2. The molecule has 170 valence electrons. The first-order chi connectivity index (χ1) is 13.6. The molecule has 3 fully saturated rings. The summed E-state index contributed by atoms with van der Waals surface area (Å²) in [6.45, 7) is 12.2. The number of amides is 1. The molecule has 8 atom stereocenters. The molecule has 0 unspecified atom stereocenters. The molecule has 9 heteroatoms. The van der Waals surface area contributed by atoms with Crippen LogP contribution in [0.25, 0.3) is 0 Å². The minimum absolute atomic E-state index is 0.177.